The number of benzene rings is 1. The lowest BCUT2D eigenvalue weighted by Crippen LogP contribution is -2.32. The van der Waals surface area contributed by atoms with Crippen molar-refractivity contribution in [3.8, 4) is 0 Å². The van der Waals surface area contributed by atoms with Crippen LogP contribution in [0.2, 0.25) is 5.02 Å². The van der Waals surface area contributed by atoms with Gasteiger partial charge in [-0.25, -0.2) is 0 Å². The molecule has 3 heteroatoms. The van der Waals surface area contributed by atoms with Gasteiger partial charge in [-0.1, -0.05) is 35.9 Å². The van der Waals surface area contributed by atoms with Gasteiger partial charge in [-0.2, -0.15) is 0 Å². The van der Waals surface area contributed by atoms with E-state index in [1.807, 2.05) is 23.6 Å². The Kier molecular flexibility index (Phi) is 3.18. The highest BCUT2D eigenvalue weighted by molar-refractivity contribution is 7.10. The Hall–Kier alpha value is -0.830. The average Bonchev–Trinajstić information content (AvgIpc) is 2.75. The molecule has 1 aromatic carbocycles. The summed E-state index contributed by atoms with van der Waals surface area (Å²) in [7, 11) is 0. The standard InChI is InChI=1S/C15H15ClOS/c16-13-7-9-18-14(13)10-15(17)8-3-5-11-4-1-2-6-12(11)15/h1-2,4,6-7,9,17H,3,5,8,10H2. The Labute approximate surface area is 116 Å². The molecule has 0 saturated carbocycles. The molecule has 0 saturated heterocycles. The first kappa shape index (κ1) is 12.2. The third-order valence-electron chi connectivity index (χ3n) is 3.70. The van der Waals surface area contributed by atoms with Crippen LogP contribution in [0.1, 0.15) is 28.8 Å². The average molecular weight is 279 g/mol. The van der Waals surface area contributed by atoms with Crippen LogP contribution >= 0.6 is 22.9 Å². The zero-order valence-corrected chi connectivity index (χ0v) is 11.6. The minimum Gasteiger partial charge on any atom is -0.385 e. The summed E-state index contributed by atoms with van der Waals surface area (Å²) in [6, 6.07) is 10.1. The highest BCUT2D eigenvalue weighted by atomic mass is 35.5. The van der Waals surface area contributed by atoms with Crippen molar-refractivity contribution < 1.29 is 5.11 Å². The Morgan fingerprint density at radius 2 is 2.11 bits per heavy atom. The molecule has 1 aliphatic rings. The summed E-state index contributed by atoms with van der Waals surface area (Å²) >= 11 is 7.77. The van der Waals surface area contributed by atoms with Gasteiger partial charge in [-0.3, -0.25) is 0 Å². The molecule has 0 bridgehead atoms. The molecule has 0 aliphatic heterocycles. The number of aryl methyl sites for hydroxylation is 1. The summed E-state index contributed by atoms with van der Waals surface area (Å²) < 4.78 is 0. The topological polar surface area (TPSA) is 20.2 Å². The molecule has 1 unspecified atom stereocenters. The lowest BCUT2D eigenvalue weighted by molar-refractivity contribution is 0.0198. The van der Waals surface area contributed by atoms with Gasteiger partial charge in [0.1, 0.15) is 0 Å². The molecule has 1 atom stereocenters. The van der Waals surface area contributed by atoms with E-state index in [2.05, 4.69) is 12.1 Å². The van der Waals surface area contributed by atoms with Crippen molar-refractivity contribution >= 4 is 22.9 Å². The first-order valence-electron chi connectivity index (χ1n) is 6.22. The van der Waals surface area contributed by atoms with Gasteiger partial charge in [0.05, 0.1) is 10.6 Å². The van der Waals surface area contributed by atoms with Gasteiger partial charge in [0.25, 0.3) is 0 Å². The van der Waals surface area contributed by atoms with Crippen molar-refractivity contribution in [1.82, 2.24) is 0 Å². The van der Waals surface area contributed by atoms with Gasteiger partial charge in [0, 0.05) is 11.3 Å². The van der Waals surface area contributed by atoms with Gasteiger partial charge >= 0.3 is 0 Å². The summed E-state index contributed by atoms with van der Waals surface area (Å²) in [5, 5.41) is 13.7. The van der Waals surface area contributed by atoms with Crippen LogP contribution in [0.25, 0.3) is 0 Å². The molecular formula is C15H15ClOS. The van der Waals surface area contributed by atoms with E-state index < -0.39 is 5.60 Å². The molecule has 1 heterocycles. The summed E-state index contributed by atoms with van der Waals surface area (Å²) in [5.74, 6) is 0. The van der Waals surface area contributed by atoms with E-state index in [-0.39, 0.29) is 0 Å². The van der Waals surface area contributed by atoms with E-state index >= 15 is 0 Å². The molecule has 1 N–H and O–H groups in total. The van der Waals surface area contributed by atoms with E-state index in [4.69, 9.17) is 11.6 Å². The molecule has 1 aliphatic carbocycles. The normalized spacial score (nSPS) is 22.8. The van der Waals surface area contributed by atoms with E-state index in [0.29, 0.717) is 6.42 Å². The summed E-state index contributed by atoms with van der Waals surface area (Å²) in [6.07, 6.45) is 3.55. The van der Waals surface area contributed by atoms with Crippen LogP contribution in [0.5, 0.6) is 0 Å². The highest BCUT2D eigenvalue weighted by Gasteiger charge is 2.34. The number of hydrogen-bond donors (Lipinski definition) is 1. The van der Waals surface area contributed by atoms with Gasteiger partial charge < -0.3 is 5.11 Å². The van der Waals surface area contributed by atoms with Crippen LogP contribution in [-0.2, 0) is 18.4 Å². The molecule has 3 rings (SSSR count). The van der Waals surface area contributed by atoms with E-state index in [1.165, 1.54) is 5.56 Å². The smallest absolute Gasteiger partial charge is 0.0947 e. The zero-order chi connectivity index (χ0) is 12.6. The summed E-state index contributed by atoms with van der Waals surface area (Å²) in [6.45, 7) is 0. The maximum atomic E-state index is 11.0. The number of rotatable bonds is 2. The lowest BCUT2D eigenvalue weighted by atomic mass is 9.77. The van der Waals surface area contributed by atoms with Crippen LogP contribution in [0.15, 0.2) is 35.7 Å². The summed E-state index contributed by atoms with van der Waals surface area (Å²) in [5.41, 5.74) is 1.61. The molecule has 0 amide bonds. The SMILES string of the molecule is OC1(Cc2sccc2Cl)CCCc2ccccc21. The largest absolute Gasteiger partial charge is 0.385 e. The van der Waals surface area contributed by atoms with E-state index in [1.54, 1.807) is 11.3 Å². The molecule has 2 aromatic rings. The third-order valence-corrected chi connectivity index (χ3v) is 5.09. The quantitative estimate of drug-likeness (QED) is 0.874. The number of aliphatic hydroxyl groups is 1. The Bertz CT molecular complexity index is 563. The number of fused-ring (bicyclic) bond motifs is 1. The monoisotopic (exact) mass is 278 g/mol. The van der Waals surface area contributed by atoms with Gasteiger partial charge in [0.2, 0.25) is 0 Å². The third kappa shape index (κ3) is 2.09. The Balaban J connectivity index is 1.98. The number of halogens is 1. The van der Waals surface area contributed by atoms with Crippen molar-refractivity contribution in [2.24, 2.45) is 0 Å². The fraction of sp³-hybridized carbons (Fsp3) is 0.333. The fourth-order valence-electron chi connectivity index (χ4n) is 2.80. The minimum atomic E-state index is -0.747. The predicted octanol–water partition coefficient (Wildman–Crippen LogP) is 4.17. The fourth-order valence-corrected chi connectivity index (χ4v) is 4.01. The van der Waals surface area contributed by atoms with Crippen LogP contribution < -0.4 is 0 Å². The van der Waals surface area contributed by atoms with Crippen LogP contribution in [0, 0.1) is 0 Å². The minimum absolute atomic E-state index is 0.626. The second kappa shape index (κ2) is 4.69. The Morgan fingerprint density at radius 1 is 1.28 bits per heavy atom. The first-order chi connectivity index (χ1) is 8.69. The maximum Gasteiger partial charge on any atom is 0.0947 e. The van der Waals surface area contributed by atoms with E-state index in [0.717, 1.165) is 34.7 Å². The maximum absolute atomic E-state index is 11.0. The second-order valence-electron chi connectivity index (χ2n) is 4.91. The summed E-state index contributed by atoms with van der Waals surface area (Å²) in [4.78, 5) is 1.08. The highest BCUT2D eigenvalue weighted by Crippen LogP contribution is 2.40. The van der Waals surface area contributed by atoms with Crippen LogP contribution in [-0.4, -0.2) is 5.11 Å². The number of thiophene rings is 1. The molecule has 94 valence electrons. The second-order valence-corrected chi connectivity index (χ2v) is 6.32. The molecule has 1 aromatic heterocycles. The molecule has 0 radical (unpaired) electrons. The van der Waals surface area contributed by atoms with Gasteiger partial charge in [-0.15, -0.1) is 11.3 Å². The van der Waals surface area contributed by atoms with Crippen molar-refractivity contribution in [2.45, 2.75) is 31.3 Å². The van der Waals surface area contributed by atoms with Gasteiger partial charge in [0.15, 0.2) is 0 Å². The predicted molar refractivity (Wildman–Crippen MR) is 76.3 cm³/mol. The zero-order valence-electron chi connectivity index (χ0n) is 10.0. The van der Waals surface area contributed by atoms with E-state index in [9.17, 15) is 5.11 Å². The van der Waals surface area contributed by atoms with Crippen LogP contribution in [0.4, 0.5) is 0 Å². The lowest BCUT2D eigenvalue weighted by Gasteiger charge is -2.34. The van der Waals surface area contributed by atoms with Crippen molar-refractivity contribution in [2.75, 3.05) is 0 Å². The van der Waals surface area contributed by atoms with Crippen LogP contribution in [0.3, 0.4) is 0 Å². The van der Waals surface area contributed by atoms with Crippen molar-refractivity contribution in [3.63, 3.8) is 0 Å². The molecular weight excluding hydrogens is 264 g/mol. The number of hydrogen-bond acceptors (Lipinski definition) is 2. The Morgan fingerprint density at radius 3 is 2.89 bits per heavy atom. The molecule has 1 nitrogen and oxygen atoms in total. The molecule has 18 heavy (non-hydrogen) atoms. The van der Waals surface area contributed by atoms with Crippen molar-refractivity contribution in [3.05, 3.63) is 56.7 Å². The first-order valence-corrected chi connectivity index (χ1v) is 7.47. The molecule has 0 spiro atoms. The van der Waals surface area contributed by atoms with Gasteiger partial charge in [-0.05, 0) is 41.8 Å². The molecule has 0 fully saturated rings. The van der Waals surface area contributed by atoms with Crippen molar-refractivity contribution in [1.29, 1.82) is 0 Å².